The lowest BCUT2D eigenvalue weighted by Gasteiger charge is -2.34. The lowest BCUT2D eigenvalue weighted by Crippen LogP contribution is -2.46. The molecule has 5 heteroatoms. The van der Waals surface area contributed by atoms with Gasteiger partial charge in [-0.05, 0) is 25.7 Å². The van der Waals surface area contributed by atoms with Gasteiger partial charge in [0.15, 0.2) is 5.92 Å². The fraction of sp³-hybridized carbons (Fsp3) is 0.917. The molecule has 0 aliphatic rings. The predicted octanol–water partition coefficient (Wildman–Crippen LogP) is 3.49. The van der Waals surface area contributed by atoms with E-state index in [0.29, 0.717) is 0 Å². The van der Waals surface area contributed by atoms with E-state index in [4.69, 9.17) is 5.26 Å². The molecule has 0 amide bonds. The van der Waals surface area contributed by atoms with Crippen LogP contribution in [0.3, 0.4) is 0 Å². The summed E-state index contributed by atoms with van der Waals surface area (Å²) in [5.41, 5.74) is -0.393. The number of hydrogen-bond donors (Lipinski definition) is 1. The third-order valence-corrected chi connectivity index (χ3v) is 2.31. The molecule has 0 radical (unpaired) electrons. The Labute approximate surface area is 101 Å². The lowest BCUT2D eigenvalue weighted by molar-refractivity contribution is -0.158. The molecule has 1 unspecified atom stereocenters. The van der Waals surface area contributed by atoms with Gasteiger partial charge in [-0.2, -0.15) is 18.4 Å². The first-order valence-corrected chi connectivity index (χ1v) is 5.59. The molecule has 0 heterocycles. The highest BCUT2D eigenvalue weighted by atomic mass is 19.4. The fourth-order valence-electron chi connectivity index (χ4n) is 2.00. The standard InChI is InChI=1S/C12H21F3N2/c1-10(2,3)8-11(4,5)17-7-9(6-16)12(13,14)15/h9,17H,7-8H2,1-5H3. The molecule has 17 heavy (non-hydrogen) atoms. The minimum atomic E-state index is -4.46. The molecule has 0 aromatic carbocycles. The molecule has 0 aromatic rings. The van der Waals surface area contributed by atoms with Crippen molar-refractivity contribution >= 4 is 0 Å². The van der Waals surface area contributed by atoms with Crippen LogP contribution in [0, 0.1) is 22.7 Å². The highest BCUT2D eigenvalue weighted by molar-refractivity contribution is 4.93. The summed E-state index contributed by atoms with van der Waals surface area (Å²) in [4.78, 5) is 0. The van der Waals surface area contributed by atoms with Crippen molar-refractivity contribution < 1.29 is 13.2 Å². The van der Waals surface area contributed by atoms with Crippen molar-refractivity contribution in [2.45, 2.75) is 52.8 Å². The molecule has 0 saturated heterocycles. The Morgan fingerprint density at radius 2 is 1.59 bits per heavy atom. The van der Waals surface area contributed by atoms with Crippen LogP contribution in [0.2, 0.25) is 0 Å². The van der Waals surface area contributed by atoms with Crippen LogP contribution in [0.25, 0.3) is 0 Å². The summed E-state index contributed by atoms with van der Waals surface area (Å²) in [6.07, 6.45) is -3.73. The van der Waals surface area contributed by atoms with Gasteiger partial charge in [-0.3, -0.25) is 0 Å². The van der Waals surface area contributed by atoms with Crippen LogP contribution in [0.15, 0.2) is 0 Å². The van der Waals surface area contributed by atoms with Gasteiger partial charge in [-0.1, -0.05) is 20.8 Å². The van der Waals surface area contributed by atoms with Crippen molar-refractivity contribution in [3.63, 3.8) is 0 Å². The van der Waals surface area contributed by atoms with Crippen LogP contribution in [0.4, 0.5) is 13.2 Å². The Morgan fingerprint density at radius 3 is 1.88 bits per heavy atom. The molecular weight excluding hydrogens is 229 g/mol. The Hall–Kier alpha value is -0.760. The van der Waals surface area contributed by atoms with Gasteiger partial charge in [0, 0.05) is 12.1 Å². The molecule has 2 nitrogen and oxygen atoms in total. The molecule has 100 valence electrons. The molecule has 0 aliphatic carbocycles. The molecule has 1 atom stereocenters. The first-order valence-electron chi connectivity index (χ1n) is 5.59. The second kappa shape index (κ2) is 5.26. The van der Waals surface area contributed by atoms with Crippen molar-refractivity contribution in [3.8, 4) is 6.07 Å². The van der Waals surface area contributed by atoms with E-state index < -0.39 is 17.6 Å². The average Bonchev–Trinajstić information content (AvgIpc) is 1.96. The highest BCUT2D eigenvalue weighted by Crippen LogP contribution is 2.29. The van der Waals surface area contributed by atoms with E-state index in [0.717, 1.165) is 6.42 Å². The number of nitrogens with zero attached hydrogens (tertiary/aromatic N) is 1. The summed E-state index contributed by atoms with van der Waals surface area (Å²) in [6, 6.07) is 1.29. The van der Waals surface area contributed by atoms with E-state index >= 15 is 0 Å². The van der Waals surface area contributed by atoms with Crippen LogP contribution in [0.1, 0.15) is 41.0 Å². The molecule has 0 bridgehead atoms. The maximum Gasteiger partial charge on any atom is 0.405 e. The molecule has 0 aromatic heterocycles. The normalized spacial score (nSPS) is 15.5. The van der Waals surface area contributed by atoms with Crippen LogP contribution in [0.5, 0.6) is 0 Å². The second-order valence-electron chi connectivity index (χ2n) is 6.23. The van der Waals surface area contributed by atoms with Gasteiger partial charge in [0.1, 0.15) is 0 Å². The van der Waals surface area contributed by atoms with Crippen molar-refractivity contribution in [1.82, 2.24) is 5.32 Å². The number of nitrogens with one attached hydrogen (secondary N) is 1. The number of halogens is 3. The molecular formula is C12H21F3N2. The average molecular weight is 250 g/mol. The number of hydrogen-bond acceptors (Lipinski definition) is 2. The van der Waals surface area contributed by atoms with E-state index in [1.807, 2.05) is 34.6 Å². The van der Waals surface area contributed by atoms with Crippen molar-refractivity contribution in [1.29, 1.82) is 5.26 Å². The molecule has 0 fully saturated rings. The van der Waals surface area contributed by atoms with E-state index in [1.54, 1.807) is 0 Å². The summed E-state index contributed by atoms with van der Waals surface area (Å²) < 4.78 is 37.1. The van der Waals surface area contributed by atoms with Crippen LogP contribution in [-0.2, 0) is 0 Å². The van der Waals surface area contributed by atoms with E-state index in [-0.39, 0.29) is 12.0 Å². The fourth-order valence-corrected chi connectivity index (χ4v) is 2.00. The summed E-state index contributed by atoms with van der Waals surface area (Å²) >= 11 is 0. The van der Waals surface area contributed by atoms with Gasteiger partial charge in [-0.25, -0.2) is 0 Å². The smallest absolute Gasteiger partial charge is 0.310 e. The number of nitriles is 1. The second-order valence-corrected chi connectivity index (χ2v) is 6.23. The van der Waals surface area contributed by atoms with Gasteiger partial charge in [0.05, 0.1) is 6.07 Å². The molecule has 1 N–H and O–H groups in total. The van der Waals surface area contributed by atoms with Crippen LogP contribution < -0.4 is 5.32 Å². The summed E-state index contributed by atoms with van der Waals surface area (Å²) in [5.74, 6) is -1.94. The Morgan fingerprint density at radius 1 is 1.12 bits per heavy atom. The Balaban J connectivity index is 4.41. The Kier molecular flexibility index (Phi) is 5.02. The number of alkyl halides is 3. The molecule has 0 aliphatic heterocycles. The van der Waals surface area contributed by atoms with Crippen LogP contribution in [-0.4, -0.2) is 18.3 Å². The monoisotopic (exact) mass is 250 g/mol. The largest absolute Gasteiger partial charge is 0.405 e. The SMILES string of the molecule is CC(C)(C)CC(C)(C)NCC(C#N)C(F)(F)F. The summed E-state index contributed by atoms with van der Waals surface area (Å²) in [5, 5.41) is 11.3. The third-order valence-electron chi connectivity index (χ3n) is 2.31. The van der Waals surface area contributed by atoms with Gasteiger partial charge >= 0.3 is 6.18 Å². The summed E-state index contributed by atoms with van der Waals surface area (Å²) in [6.45, 7) is 9.43. The van der Waals surface area contributed by atoms with E-state index in [2.05, 4.69) is 5.32 Å². The third kappa shape index (κ3) is 7.22. The predicted molar refractivity (Wildman–Crippen MR) is 61.3 cm³/mol. The topological polar surface area (TPSA) is 35.8 Å². The first-order chi connectivity index (χ1) is 7.37. The zero-order chi connectivity index (χ0) is 13.9. The van der Waals surface area contributed by atoms with E-state index in [9.17, 15) is 13.2 Å². The summed E-state index contributed by atoms with van der Waals surface area (Å²) in [7, 11) is 0. The highest BCUT2D eigenvalue weighted by Gasteiger charge is 2.40. The molecule has 0 spiro atoms. The maximum atomic E-state index is 12.4. The maximum absolute atomic E-state index is 12.4. The van der Waals surface area contributed by atoms with Crippen molar-refractivity contribution in [2.24, 2.45) is 11.3 Å². The van der Waals surface area contributed by atoms with Gasteiger partial charge in [0.2, 0.25) is 0 Å². The van der Waals surface area contributed by atoms with Gasteiger partial charge < -0.3 is 5.32 Å². The van der Waals surface area contributed by atoms with Crippen molar-refractivity contribution in [3.05, 3.63) is 0 Å². The van der Waals surface area contributed by atoms with Gasteiger partial charge in [0.25, 0.3) is 0 Å². The number of rotatable bonds is 4. The van der Waals surface area contributed by atoms with Crippen LogP contribution >= 0.6 is 0 Å². The molecule has 0 rings (SSSR count). The minimum Gasteiger partial charge on any atom is -0.310 e. The Bertz CT molecular complexity index is 282. The van der Waals surface area contributed by atoms with Crippen molar-refractivity contribution in [2.75, 3.05) is 6.54 Å². The first kappa shape index (κ1) is 16.2. The zero-order valence-corrected chi connectivity index (χ0v) is 11.1. The minimum absolute atomic E-state index is 0.0247. The zero-order valence-electron chi connectivity index (χ0n) is 11.1. The molecule has 0 saturated carbocycles. The van der Waals surface area contributed by atoms with E-state index in [1.165, 1.54) is 6.07 Å². The lowest BCUT2D eigenvalue weighted by atomic mass is 9.81. The van der Waals surface area contributed by atoms with Gasteiger partial charge in [-0.15, -0.1) is 0 Å². The quantitative estimate of drug-likeness (QED) is 0.829.